The first-order chi connectivity index (χ1) is 9.27. The molecule has 0 heterocycles. The van der Waals surface area contributed by atoms with E-state index in [1.165, 1.54) is 11.3 Å². The molecule has 1 N–H and O–H groups in total. The van der Waals surface area contributed by atoms with Crippen molar-refractivity contribution < 1.29 is 0 Å². The highest BCUT2D eigenvalue weighted by Gasteiger charge is 2.23. The molecule has 0 aliphatic rings. The molecule has 0 atom stereocenters. The van der Waals surface area contributed by atoms with E-state index in [2.05, 4.69) is 64.0 Å². The van der Waals surface area contributed by atoms with Crippen LogP contribution in [0.15, 0.2) is 18.2 Å². The van der Waals surface area contributed by atoms with E-state index in [9.17, 15) is 0 Å². The van der Waals surface area contributed by atoms with Gasteiger partial charge in [0.05, 0.1) is 0 Å². The summed E-state index contributed by atoms with van der Waals surface area (Å²) in [5.74, 6) is 0.655. The van der Waals surface area contributed by atoms with Gasteiger partial charge in [0.1, 0.15) is 0 Å². The minimum atomic E-state index is 0.140. The summed E-state index contributed by atoms with van der Waals surface area (Å²) >= 11 is 6.16. The van der Waals surface area contributed by atoms with Crippen LogP contribution in [0.4, 0.5) is 5.69 Å². The number of hydrogen-bond acceptors (Lipinski definition) is 2. The molecule has 0 unspecified atom stereocenters. The van der Waals surface area contributed by atoms with Crippen molar-refractivity contribution in [2.75, 3.05) is 18.5 Å². The highest BCUT2D eigenvalue weighted by Crippen LogP contribution is 2.30. The fourth-order valence-electron chi connectivity index (χ4n) is 2.08. The van der Waals surface area contributed by atoms with Crippen LogP contribution in [-0.4, -0.2) is 19.1 Å². The third-order valence-electron chi connectivity index (χ3n) is 4.04. The van der Waals surface area contributed by atoms with Crippen molar-refractivity contribution in [1.29, 1.82) is 0 Å². The van der Waals surface area contributed by atoms with Crippen LogP contribution in [-0.2, 0) is 6.54 Å². The van der Waals surface area contributed by atoms with E-state index in [1.807, 2.05) is 6.07 Å². The van der Waals surface area contributed by atoms with Gasteiger partial charge in [-0.25, -0.2) is 0 Å². The first-order valence-corrected chi connectivity index (χ1v) is 7.88. The third-order valence-corrected chi connectivity index (χ3v) is 4.28. The van der Waals surface area contributed by atoms with Crippen LogP contribution >= 0.6 is 11.6 Å². The molecule has 1 aromatic carbocycles. The largest absolute Gasteiger partial charge is 0.369 e. The molecule has 0 aliphatic carbocycles. The molecule has 1 aromatic rings. The molecule has 0 saturated heterocycles. The minimum Gasteiger partial charge on any atom is -0.369 e. The Morgan fingerprint density at radius 1 is 1.30 bits per heavy atom. The fourth-order valence-corrected chi connectivity index (χ4v) is 2.28. The number of nitrogens with one attached hydrogen (secondary N) is 1. The lowest BCUT2D eigenvalue weighted by atomic mass is 9.98. The summed E-state index contributed by atoms with van der Waals surface area (Å²) in [4.78, 5) is 2.36. The molecule has 0 fully saturated rings. The van der Waals surface area contributed by atoms with Crippen LogP contribution < -0.4 is 10.2 Å². The Bertz CT molecular complexity index is 427. The summed E-state index contributed by atoms with van der Waals surface area (Å²) in [6.07, 6.45) is 1.10. The zero-order valence-corrected chi connectivity index (χ0v) is 14.5. The van der Waals surface area contributed by atoms with Crippen LogP contribution in [0, 0.1) is 5.92 Å². The van der Waals surface area contributed by atoms with E-state index in [0.29, 0.717) is 5.92 Å². The Labute approximate surface area is 129 Å². The van der Waals surface area contributed by atoms with Gasteiger partial charge >= 0.3 is 0 Å². The monoisotopic (exact) mass is 296 g/mol. The average molecular weight is 297 g/mol. The van der Waals surface area contributed by atoms with E-state index in [4.69, 9.17) is 11.6 Å². The van der Waals surface area contributed by atoms with Crippen LogP contribution in [0.3, 0.4) is 0 Å². The highest BCUT2D eigenvalue weighted by atomic mass is 35.5. The molecule has 0 spiro atoms. The minimum absolute atomic E-state index is 0.140. The van der Waals surface area contributed by atoms with Crippen molar-refractivity contribution in [3.8, 4) is 0 Å². The summed E-state index contributed by atoms with van der Waals surface area (Å²) in [7, 11) is 2.17. The number of rotatable bonds is 7. The molecule has 2 nitrogen and oxygen atoms in total. The molecule has 0 saturated carbocycles. The summed E-state index contributed by atoms with van der Waals surface area (Å²) < 4.78 is 0. The molecule has 0 aromatic heterocycles. The summed E-state index contributed by atoms with van der Waals surface area (Å²) in [6.45, 7) is 13.1. The van der Waals surface area contributed by atoms with Crippen LogP contribution in [0.2, 0.25) is 5.02 Å². The molecule has 20 heavy (non-hydrogen) atoms. The van der Waals surface area contributed by atoms with Gasteiger partial charge < -0.3 is 10.2 Å². The molecule has 0 bridgehead atoms. The second-order valence-electron chi connectivity index (χ2n) is 6.52. The number of benzene rings is 1. The van der Waals surface area contributed by atoms with Crippen molar-refractivity contribution in [3.05, 3.63) is 28.8 Å². The Morgan fingerprint density at radius 2 is 1.95 bits per heavy atom. The molecular formula is C17H29ClN2. The van der Waals surface area contributed by atoms with Crippen molar-refractivity contribution in [2.45, 2.75) is 53.1 Å². The van der Waals surface area contributed by atoms with E-state index in [-0.39, 0.29) is 5.54 Å². The highest BCUT2D eigenvalue weighted by molar-refractivity contribution is 6.30. The Kier molecular flexibility index (Phi) is 6.35. The van der Waals surface area contributed by atoms with Crippen LogP contribution in [0.1, 0.15) is 46.6 Å². The normalized spacial score (nSPS) is 12.0. The maximum Gasteiger partial charge on any atom is 0.0414 e. The molecule has 3 heteroatoms. The van der Waals surface area contributed by atoms with Crippen LogP contribution in [0.5, 0.6) is 0 Å². The number of hydrogen-bond donors (Lipinski definition) is 1. The van der Waals surface area contributed by atoms with Crippen LogP contribution in [0.25, 0.3) is 0 Å². The number of halogens is 1. The number of anilines is 1. The molecule has 0 amide bonds. The third kappa shape index (κ3) is 4.68. The topological polar surface area (TPSA) is 15.3 Å². The lowest BCUT2D eigenvalue weighted by Crippen LogP contribution is -2.41. The van der Waals surface area contributed by atoms with Gasteiger partial charge in [-0.15, -0.1) is 0 Å². The smallest absolute Gasteiger partial charge is 0.0414 e. The SMILES string of the molecule is CCC(C)(C)N(C)c1ccc(Cl)cc1CNCC(C)C. The maximum atomic E-state index is 6.16. The zero-order chi connectivity index (χ0) is 15.3. The zero-order valence-electron chi connectivity index (χ0n) is 13.8. The van der Waals surface area contributed by atoms with Crippen molar-refractivity contribution in [1.82, 2.24) is 5.32 Å². The second kappa shape index (κ2) is 7.33. The molecule has 0 radical (unpaired) electrons. The summed E-state index contributed by atoms with van der Waals surface area (Å²) in [5, 5.41) is 4.31. The predicted octanol–water partition coefficient (Wildman–Crippen LogP) is 4.71. The van der Waals surface area contributed by atoms with Gasteiger partial charge in [0.15, 0.2) is 0 Å². The van der Waals surface area contributed by atoms with E-state index < -0.39 is 0 Å². The van der Waals surface area contributed by atoms with Gasteiger partial charge in [-0.1, -0.05) is 32.4 Å². The number of nitrogens with zero attached hydrogens (tertiary/aromatic N) is 1. The van der Waals surface area contributed by atoms with Gasteiger partial charge in [0.2, 0.25) is 0 Å². The summed E-state index contributed by atoms with van der Waals surface area (Å²) in [6, 6.07) is 6.18. The average Bonchev–Trinajstić information content (AvgIpc) is 2.37. The van der Waals surface area contributed by atoms with Crippen molar-refractivity contribution in [3.63, 3.8) is 0 Å². The lowest BCUT2D eigenvalue weighted by Gasteiger charge is -2.38. The van der Waals surface area contributed by atoms with Crippen molar-refractivity contribution in [2.24, 2.45) is 5.92 Å². The Morgan fingerprint density at radius 3 is 2.50 bits per heavy atom. The Balaban J connectivity index is 2.95. The predicted molar refractivity (Wildman–Crippen MR) is 90.8 cm³/mol. The molecule has 1 rings (SSSR count). The molecular weight excluding hydrogens is 268 g/mol. The quantitative estimate of drug-likeness (QED) is 0.784. The first-order valence-electron chi connectivity index (χ1n) is 7.51. The molecule has 114 valence electrons. The lowest BCUT2D eigenvalue weighted by molar-refractivity contribution is 0.468. The van der Waals surface area contributed by atoms with Gasteiger partial charge in [0.25, 0.3) is 0 Å². The summed E-state index contributed by atoms with van der Waals surface area (Å²) in [5.41, 5.74) is 2.67. The van der Waals surface area contributed by atoms with E-state index in [1.54, 1.807) is 0 Å². The Hall–Kier alpha value is -0.730. The maximum absolute atomic E-state index is 6.16. The fraction of sp³-hybridized carbons (Fsp3) is 0.647. The van der Waals surface area contributed by atoms with Gasteiger partial charge in [-0.2, -0.15) is 0 Å². The van der Waals surface area contributed by atoms with Gasteiger partial charge in [-0.3, -0.25) is 0 Å². The van der Waals surface area contributed by atoms with Gasteiger partial charge in [-0.05, 0) is 56.5 Å². The van der Waals surface area contributed by atoms with Gasteiger partial charge in [0, 0.05) is 29.8 Å². The first kappa shape index (κ1) is 17.3. The molecule has 0 aliphatic heterocycles. The van der Waals surface area contributed by atoms with E-state index in [0.717, 1.165) is 24.5 Å². The van der Waals surface area contributed by atoms with Crippen molar-refractivity contribution >= 4 is 17.3 Å². The second-order valence-corrected chi connectivity index (χ2v) is 6.96. The van der Waals surface area contributed by atoms with E-state index >= 15 is 0 Å². The standard InChI is InChI=1S/C17H29ClN2/c1-7-17(4,5)20(6)16-9-8-15(18)10-14(16)12-19-11-13(2)3/h8-10,13,19H,7,11-12H2,1-6H3.